The van der Waals surface area contributed by atoms with Crippen LogP contribution in [0.3, 0.4) is 0 Å². The number of rotatable bonds is 4. The van der Waals surface area contributed by atoms with Crippen LogP contribution in [0, 0.1) is 3.57 Å². The Balaban J connectivity index is 1.98. The molecule has 19 heavy (non-hydrogen) atoms. The number of benzene rings is 1. The molecule has 0 saturated carbocycles. The number of methoxy groups -OCH3 is 1. The number of aromatic nitrogens is 1. The molecule has 2 aromatic rings. The fourth-order valence-electron chi connectivity index (χ4n) is 1.46. The van der Waals surface area contributed by atoms with Gasteiger partial charge in [-0.25, -0.2) is 4.79 Å². The second kappa shape index (κ2) is 6.51. The van der Waals surface area contributed by atoms with Gasteiger partial charge >= 0.3 is 5.97 Å². The van der Waals surface area contributed by atoms with Crippen LogP contribution < -0.4 is 4.74 Å². The average molecular weight is 369 g/mol. The molecule has 0 radical (unpaired) electrons. The Hall–Kier alpha value is -1.63. The van der Waals surface area contributed by atoms with Gasteiger partial charge in [-0.15, -0.1) is 0 Å². The molecule has 0 amide bonds. The Kier molecular flexibility index (Phi) is 4.73. The molecule has 5 heteroatoms. The first-order valence-corrected chi connectivity index (χ1v) is 6.68. The van der Waals surface area contributed by atoms with Gasteiger partial charge in [0.2, 0.25) is 0 Å². The molecule has 0 fully saturated rings. The second-order valence-corrected chi connectivity index (χ2v) is 5.02. The van der Waals surface area contributed by atoms with Gasteiger partial charge in [0.05, 0.1) is 18.4 Å². The van der Waals surface area contributed by atoms with Gasteiger partial charge in [-0.05, 0) is 52.9 Å². The quantitative estimate of drug-likeness (QED) is 0.614. The topological polar surface area (TPSA) is 48.4 Å². The third-order valence-electron chi connectivity index (χ3n) is 2.43. The fourth-order valence-corrected chi connectivity index (χ4v) is 1.98. The van der Waals surface area contributed by atoms with E-state index in [2.05, 4.69) is 32.3 Å². The number of carbonyl (C=O) groups is 1. The molecule has 0 atom stereocenters. The second-order valence-electron chi connectivity index (χ2n) is 3.78. The van der Waals surface area contributed by atoms with E-state index in [4.69, 9.17) is 4.74 Å². The Labute approximate surface area is 124 Å². The predicted molar refractivity (Wildman–Crippen MR) is 79.1 cm³/mol. The van der Waals surface area contributed by atoms with Crippen molar-refractivity contribution in [1.29, 1.82) is 0 Å². The third-order valence-corrected chi connectivity index (χ3v) is 3.10. The van der Waals surface area contributed by atoms with Gasteiger partial charge in [0, 0.05) is 9.77 Å². The van der Waals surface area contributed by atoms with Crippen molar-refractivity contribution in [3.05, 3.63) is 57.4 Å². The van der Waals surface area contributed by atoms with Gasteiger partial charge in [0.15, 0.2) is 0 Å². The first-order chi connectivity index (χ1) is 9.19. The Morgan fingerprint density at radius 3 is 2.79 bits per heavy atom. The van der Waals surface area contributed by atoms with E-state index in [-0.39, 0.29) is 0 Å². The van der Waals surface area contributed by atoms with Gasteiger partial charge < -0.3 is 9.47 Å². The van der Waals surface area contributed by atoms with Crippen LogP contribution in [0.25, 0.3) is 0 Å². The van der Waals surface area contributed by atoms with E-state index >= 15 is 0 Å². The maximum absolute atomic E-state index is 11.2. The van der Waals surface area contributed by atoms with Gasteiger partial charge in [-0.2, -0.15) is 0 Å². The molecule has 1 aromatic heterocycles. The van der Waals surface area contributed by atoms with Crippen LogP contribution in [0.1, 0.15) is 16.1 Å². The summed E-state index contributed by atoms with van der Waals surface area (Å²) >= 11 is 2.23. The molecule has 0 bridgehead atoms. The number of pyridine rings is 1. The summed E-state index contributed by atoms with van der Waals surface area (Å²) in [7, 11) is 1.34. The van der Waals surface area contributed by atoms with Crippen molar-refractivity contribution in [3.8, 4) is 5.75 Å². The molecular formula is C14H12INO3. The van der Waals surface area contributed by atoms with E-state index < -0.39 is 5.97 Å². The molecule has 0 aliphatic heterocycles. The highest BCUT2D eigenvalue weighted by atomic mass is 127. The van der Waals surface area contributed by atoms with E-state index in [9.17, 15) is 4.79 Å². The minimum absolute atomic E-state index is 0.363. The van der Waals surface area contributed by atoms with Crippen LogP contribution in [-0.4, -0.2) is 18.1 Å². The SMILES string of the molecule is COC(=O)c1ccc(COc2cccc(I)c2)nc1. The number of halogens is 1. The van der Waals surface area contributed by atoms with E-state index in [0.29, 0.717) is 12.2 Å². The number of nitrogens with zero attached hydrogens (tertiary/aromatic N) is 1. The molecule has 0 spiro atoms. The molecule has 98 valence electrons. The Morgan fingerprint density at radius 2 is 2.16 bits per heavy atom. The van der Waals surface area contributed by atoms with Crippen molar-refractivity contribution in [2.45, 2.75) is 6.61 Å². The van der Waals surface area contributed by atoms with E-state index in [1.54, 1.807) is 12.1 Å². The molecule has 1 heterocycles. The summed E-state index contributed by atoms with van der Waals surface area (Å²) in [6.45, 7) is 0.363. The zero-order chi connectivity index (χ0) is 13.7. The van der Waals surface area contributed by atoms with Crippen molar-refractivity contribution >= 4 is 28.6 Å². The summed E-state index contributed by atoms with van der Waals surface area (Å²) in [4.78, 5) is 15.4. The van der Waals surface area contributed by atoms with Crippen LogP contribution in [0.15, 0.2) is 42.6 Å². The van der Waals surface area contributed by atoms with Crippen LogP contribution >= 0.6 is 22.6 Å². The standard InChI is InChI=1S/C14H12INO3/c1-18-14(17)10-5-6-12(16-8-10)9-19-13-4-2-3-11(15)7-13/h2-8H,9H2,1H3. The first kappa shape index (κ1) is 13.8. The predicted octanol–water partition coefficient (Wildman–Crippen LogP) is 3.05. The monoisotopic (exact) mass is 369 g/mol. The van der Waals surface area contributed by atoms with Gasteiger partial charge in [0.1, 0.15) is 12.4 Å². The molecule has 0 unspecified atom stereocenters. The maximum Gasteiger partial charge on any atom is 0.339 e. The van der Waals surface area contributed by atoms with Crippen molar-refractivity contribution in [1.82, 2.24) is 4.98 Å². The molecular weight excluding hydrogens is 357 g/mol. The van der Waals surface area contributed by atoms with E-state index in [1.165, 1.54) is 13.3 Å². The number of hydrogen-bond acceptors (Lipinski definition) is 4. The zero-order valence-electron chi connectivity index (χ0n) is 10.3. The fraction of sp³-hybridized carbons (Fsp3) is 0.143. The van der Waals surface area contributed by atoms with Crippen LogP contribution in [0.4, 0.5) is 0 Å². The van der Waals surface area contributed by atoms with Crippen LogP contribution in [-0.2, 0) is 11.3 Å². The summed E-state index contributed by atoms with van der Waals surface area (Å²) in [6.07, 6.45) is 1.49. The number of carbonyl (C=O) groups excluding carboxylic acids is 1. The maximum atomic E-state index is 11.2. The number of ether oxygens (including phenoxy) is 2. The highest BCUT2D eigenvalue weighted by molar-refractivity contribution is 14.1. The van der Waals surface area contributed by atoms with Gasteiger partial charge in [-0.3, -0.25) is 4.98 Å². The highest BCUT2D eigenvalue weighted by Crippen LogP contribution is 2.16. The van der Waals surface area contributed by atoms with Crippen molar-refractivity contribution in [2.75, 3.05) is 7.11 Å². The lowest BCUT2D eigenvalue weighted by Crippen LogP contribution is -2.04. The number of hydrogen-bond donors (Lipinski definition) is 0. The molecule has 1 aromatic carbocycles. The van der Waals surface area contributed by atoms with E-state index in [0.717, 1.165) is 15.0 Å². The van der Waals surface area contributed by atoms with Gasteiger partial charge in [0.25, 0.3) is 0 Å². The summed E-state index contributed by atoms with van der Waals surface area (Å²) < 4.78 is 11.3. The highest BCUT2D eigenvalue weighted by Gasteiger charge is 2.05. The van der Waals surface area contributed by atoms with Crippen molar-refractivity contribution < 1.29 is 14.3 Å². The lowest BCUT2D eigenvalue weighted by atomic mass is 10.2. The smallest absolute Gasteiger partial charge is 0.339 e. The summed E-state index contributed by atoms with van der Waals surface area (Å²) in [5.74, 6) is 0.406. The van der Waals surface area contributed by atoms with Gasteiger partial charge in [-0.1, -0.05) is 6.07 Å². The minimum atomic E-state index is -0.391. The minimum Gasteiger partial charge on any atom is -0.487 e. The normalized spacial score (nSPS) is 10.0. The molecule has 4 nitrogen and oxygen atoms in total. The largest absolute Gasteiger partial charge is 0.487 e. The summed E-state index contributed by atoms with van der Waals surface area (Å²) in [5.41, 5.74) is 1.19. The van der Waals surface area contributed by atoms with E-state index in [1.807, 2.05) is 24.3 Å². The van der Waals surface area contributed by atoms with Crippen LogP contribution in [0.2, 0.25) is 0 Å². The zero-order valence-corrected chi connectivity index (χ0v) is 12.5. The molecule has 0 aliphatic rings. The molecule has 0 aliphatic carbocycles. The van der Waals surface area contributed by atoms with Crippen molar-refractivity contribution in [3.63, 3.8) is 0 Å². The first-order valence-electron chi connectivity index (χ1n) is 5.60. The summed E-state index contributed by atoms with van der Waals surface area (Å²) in [5, 5.41) is 0. The molecule has 2 rings (SSSR count). The van der Waals surface area contributed by atoms with Crippen molar-refractivity contribution in [2.24, 2.45) is 0 Å². The lowest BCUT2D eigenvalue weighted by molar-refractivity contribution is 0.0600. The number of esters is 1. The average Bonchev–Trinajstić information content (AvgIpc) is 2.45. The third kappa shape index (κ3) is 3.92. The molecule has 0 N–H and O–H groups in total. The lowest BCUT2D eigenvalue weighted by Gasteiger charge is -2.06. The Bertz CT molecular complexity index is 569. The van der Waals surface area contributed by atoms with Crippen LogP contribution in [0.5, 0.6) is 5.75 Å². The Morgan fingerprint density at radius 1 is 1.32 bits per heavy atom. The summed E-state index contributed by atoms with van der Waals surface area (Å²) in [6, 6.07) is 11.2. The molecule has 0 saturated heterocycles.